The molecular formula is C21H26ClN3O6S. The van der Waals surface area contributed by atoms with Crippen molar-refractivity contribution < 1.29 is 28.4 Å². The standard InChI is InChI=1S/C21H26ClN3O6S/c1-4-31-16(26)12-25-21(28)17(13(2)23-25)20(27)14-8-9-15(30-3)19(18(14)22)24-32(29)10-6-5-7-11-32/h8-9,28H,4-7,10-12H2,1-3H3. The van der Waals surface area contributed by atoms with Crippen LogP contribution in [0.5, 0.6) is 11.6 Å². The molecule has 2 heterocycles. The van der Waals surface area contributed by atoms with E-state index in [9.17, 15) is 18.9 Å². The van der Waals surface area contributed by atoms with Crippen LogP contribution in [0.15, 0.2) is 16.5 Å². The fourth-order valence-electron chi connectivity index (χ4n) is 3.57. The maximum Gasteiger partial charge on any atom is 0.327 e. The summed E-state index contributed by atoms with van der Waals surface area (Å²) in [6.45, 7) is 3.04. The van der Waals surface area contributed by atoms with Gasteiger partial charge in [-0.15, -0.1) is 0 Å². The average Bonchev–Trinajstić information content (AvgIpc) is 3.02. The summed E-state index contributed by atoms with van der Waals surface area (Å²) in [6.07, 6.45) is 2.63. The molecule has 11 heteroatoms. The number of aryl methyl sites for hydroxylation is 1. The summed E-state index contributed by atoms with van der Waals surface area (Å²) in [7, 11) is -1.06. The molecule has 0 saturated carbocycles. The molecule has 2 aromatic rings. The van der Waals surface area contributed by atoms with Gasteiger partial charge in [0.1, 0.15) is 23.5 Å². The zero-order valence-corrected chi connectivity index (χ0v) is 19.8. The second-order valence-corrected chi connectivity index (χ2v) is 10.3. The molecule has 1 aliphatic heterocycles. The molecule has 174 valence electrons. The van der Waals surface area contributed by atoms with E-state index in [0.29, 0.717) is 17.3 Å². The summed E-state index contributed by atoms with van der Waals surface area (Å²) in [5.74, 6) is -0.430. The van der Waals surface area contributed by atoms with Gasteiger partial charge in [-0.3, -0.25) is 9.59 Å². The van der Waals surface area contributed by atoms with Crippen molar-refractivity contribution in [3.05, 3.63) is 34.0 Å². The van der Waals surface area contributed by atoms with Crippen molar-refractivity contribution in [2.24, 2.45) is 4.36 Å². The fourth-order valence-corrected chi connectivity index (χ4v) is 6.12. The van der Waals surface area contributed by atoms with E-state index in [0.717, 1.165) is 23.9 Å². The minimum Gasteiger partial charge on any atom is -0.494 e. The highest BCUT2D eigenvalue weighted by atomic mass is 35.5. The smallest absolute Gasteiger partial charge is 0.327 e. The largest absolute Gasteiger partial charge is 0.494 e. The van der Waals surface area contributed by atoms with E-state index in [4.69, 9.17) is 21.1 Å². The number of hydrogen-bond acceptors (Lipinski definition) is 8. The van der Waals surface area contributed by atoms with E-state index in [1.54, 1.807) is 6.92 Å². The Balaban J connectivity index is 2.05. The maximum absolute atomic E-state index is 13.3. The highest BCUT2D eigenvalue weighted by Gasteiger charge is 2.27. The number of methoxy groups -OCH3 is 1. The van der Waals surface area contributed by atoms with Crippen molar-refractivity contribution in [2.75, 3.05) is 25.2 Å². The number of aromatic hydroxyl groups is 1. The third-order valence-electron chi connectivity index (χ3n) is 5.14. The van der Waals surface area contributed by atoms with Crippen LogP contribution in [0.4, 0.5) is 5.69 Å². The lowest BCUT2D eigenvalue weighted by atomic mass is 10.0. The Labute approximate surface area is 191 Å². The highest BCUT2D eigenvalue weighted by molar-refractivity contribution is 7.93. The van der Waals surface area contributed by atoms with Gasteiger partial charge in [0.2, 0.25) is 11.7 Å². The number of halogens is 1. The number of esters is 1. The van der Waals surface area contributed by atoms with E-state index < -0.39 is 27.4 Å². The number of carbonyl (C=O) groups excluding carboxylic acids is 2. The minimum atomic E-state index is -2.50. The Morgan fingerprint density at radius 1 is 1.28 bits per heavy atom. The molecule has 1 aromatic carbocycles. The third-order valence-corrected chi connectivity index (χ3v) is 7.89. The van der Waals surface area contributed by atoms with E-state index in [-0.39, 0.29) is 40.7 Å². The van der Waals surface area contributed by atoms with E-state index in [1.165, 1.54) is 26.2 Å². The molecule has 0 aliphatic carbocycles. The van der Waals surface area contributed by atoms with Gasteiger partial charge in [0.15, 0.2) is 0 Å². The Bertz CT molecular complexity index is 1150. The number of aromatic nitrogens is 2. The van der Waals surface area contributed by atoms with Gasteiger partial charge in [-0.1, -0.05) is 18.0 Å². The Morgan fingerprint density at radius 3 is 2.59 bits per heavy atom. The van der Waals surface area contributed by atoms with Crippen molar-refractivity contribution in [3.8, 4) is 11.6 Å². The second kappa shape index (κ2) is 9.91. The van der Waals surface area contributed by atoms with Gasteiger partial charge in [-0.05, 0) is 38.8 Å². The Hall–Kier alpha value is -2.59. The monoisotopic (exact) mass is 483 g/mol. The predicted octanol–water partition coefficient (Wildman–Crippen LogP) is 3.64. The molecular weight excluding hydrogens is 458 g/mol. The number of ether oxygens (including phenoxy) is 2. The maximum atomic E-state index is 13.3. The first-order chi connectivity index (χ1) is 15.2. The Morgan fingerprint density at radius 2 is 1.97 bits per heavy atom. The van der Waals surface area contributed by atoms with Crippen molar-refractivity contribution in [1.29, 1.82) is 0 Å². The van der Waals surface area contributed by atoms with E-state index in [2.05, 4.69) is 9.46 Å². The topological polar surface area (TPSA) is 120 Å². The lowest BCUT2D eigenvalue weighted by molar-refractivity contribution is -0.144. The first-order valence-corrected chi connectivity index (χ1v) is 12.5. The molecule has 1 aromatic heterocycles. The van der Waals surface area contributed by atoms with Gasteiger partial charge in [-0.25, -0.2) is 8.89 Å². The lowest BCUT2D eigenvalue weighted by Crippen LogP contribution is -2.16. The summed E-state index contributed by atoms with van der Waals surface area (Å²) in [5.41, 5.74) is 0.344. The van der Waals surface area contributed by atoms with Crippen molar-refractivity contribution in [3.63, 3.8) is 0 Å². The van der Waals surface area contributed by atoms with Crippen LogP contribution in [0.3, 0.4) is 0 Å². The molecule has 1 saturated heterocycles. The molecule has 0 unspecified atom stereocenters. The molecule has 0 radical (unpaired) electrons. The summed E-state index contributed by atoms with van der Waals surface area (Å²) in [6, 6.07) is 2.98. The van der Waals surface area contributed by atoms with Crippen molar-refractivity contribution in [1.82, 2.24) is 9.78 Å². The lowest BCUT2D eigenvalue weighted by Gasteiger charge is -2.17. The van der Waals surface area contributed by atoms with Crippen LogP contribution in [0.2, 0.25) is 5.02 Å². The van der Waals surface area contributed by atoms with Gasteiger partial charge in [0.25, 0.3) is 0 Å². The van der Waals surface area contributed by atoms with E-state index >= 15 is 0 Å². The number of ketones is 1. The summed E-state index contributed by atoms with van der Waals surface area (Å²) in [5, 5.41) is 14.6. The molecule has 1 aliphatic rings. The normalized spacial score (nSPS) is 15.2. The van der Waals surface area contributed by atoms with Crippen LogP contribution in [-0.4, -0.2) is 56.1 Å². The average molecular weight is 484 g/mol. The van der Waals surface area contributed by atoms with Gasteiger partial charge in [-0.2, -0.15) is 9.46 Å². The summed E-state index contributed by atoms with van der Waals surface area (Å²) >= 11 is 6.55. The highest BCUT2D eigenvalue weighted by Crippen LogP contribution is 2.41. The van der Waals surface area contributed by atoms with Gasteiger partial charge in [0, 0.05) is 17.1 Å². The molecule has 1 fully saturated rings. The van der Waals surface area contributed by atoms with Crippen LogP contribution in [0.25, 0.3) is 0 Å². The Kier molecular flexibility index (Phi) is 7.45. The van der Waals surface area contributed by atoms with Gasteiger partial charge in [0.05, 0.1) is 34.2 Å². The second-order valence-electron chi connectivity index (χ2n) is 7.39. The molecule has 0 bridgehead atoms. The van der Waals surface area contributed by atoms with Crippen LogP contribution >= 0.6 is 11.6 Å². The summed E-state index contributed by atoms with van der Waals surface area (Å²) < 4.78 is 28.8. The molecule has 0 atom stereocenters. The SMILES string of the molecule is CCOC(=O)Cn1nc(C)c(C(=O)c2ccc(OC)c(N=S3(=O)CCCCC3)c2Cl)c1O. The van der Waals surface area contributed by atoms with Gasteiger partial charge >= 0.3 is 5.97 Å². The number of hydrogen-bond donors (Lipinski definition) is 1. The zero-order chi connectivity index (χ0) is 23.5. The fraction of sp³-hybridized carbons (Fsp3) is 0.476. The molecule has 0 spiro atoms. The number of nitrogens with zero attached hydrogens (tertiary/aromatic N) is 3. The quantitative estimate of drug-likeness (QED) is 0.471. The molecule has 3 rings (SSSR count). The zero-order valence-electron chi connectivity index (χ0n) is 18.2. The van der Waals surface area contributed by atoms with E-state index in [1.807, 2.05) is 0 Å². The molecule has 9 nitrogen and oxygen atoms in total. The molecule has 0 amide bonds. The molecule has 1 N–H and O–H groups in total. The number of carbonyl (C=O) groups is 2. The van der Waals surface area contributed by atoms with Crippen LogP contribution in [-0.2, 0) is 25.8 Å². The van der Waals surface area contributed by atoms with Crippen LogP contribution < -0.4 is 4.74 Å². The third kappa shape index (κ3) is 4.91. The number of rotatable bonds is 7. The first kappa shape index (κ1) is 24.1. The van der Waals surface area contributed by atoms with Crippen molar-refractivity contribution >= 4 is 38.8 Å². The predicted molar refractivity (Wildman–Crippen MR) is 121 cm³/mol. The molecule has 32 heavy (non-hydrogen) atoms. The number of benzene rings is 1. The van der Waals surface area contributed by atoms with Crippen LogP contribution in [0, 0.1) is 6.92 Å². The summed E-state index contributed by atoms with van der Waals surface area (Å²) in [4.78, 5) is 25.0. The van der Waals surface area contributed by atoms with Gasteiger partial charge < -0.3 is 14.6 Å². The minimum absolute atomic E-state index is 0.0143. The van der Waals surface area contributed by atoms with Crippen LogP contribution in [0.1, 0.15) is 47.8 Å². The van der Waals surface area contributed by atoms with Crippen molar-refractivity contribution in [2.45, 2.75) is 39.7 Å². The first-order valence-electron chi connectivity index (χ1n) is 10.3.